The van der Waals surface area contributed by atoms with Crippen molar-refractivity contribution in [3.05, 3.63) is 91.3 Å². The van der Waals surface area contributed by atoms with Gasteiger partial charge in [-0.3, -0.25) is 9.98 Å². The van der Waals surface area contributed by atoms with E-state index in [1.807, 2.05) is 37.3 Å². The summed E-state index contributed by atoms with van der Waals surface area (Å²) >= 11 is 0. The molecule has 4 aromatic rings. The molecular weight excluding hydrogens is 403 g/mol. The Morgan fingerprint density at radius 3 is 2.66 bits per heavy atom. The van der Waals surface area contributed by atoms with Gasteiger partial charge in [0.05, 0.1) is 24.0 Å². The van der Waals surface area contributed by atoms with Crippen molar-refractivity contribution in [1.29, 1.82) is 0 Å². The average Bonchev–Trinajstić information content (AvgIpc) is 2.83. The Kier molecular flexibility index (Phi) is 6.36. The Morgan fingerprint density at radius 1 is 1.09 bits per heavy atom. The van der Waals surface area contributed by atoms with E-state index in [0.29, 0.717) is 29.6 Å². The number of aliphatic imine (C=N–C) groups is 1. The van der Waals surface area contributed by atoms with E-state index >= 15 is 0 Å². The number of fused-ring (bicyclic) bond motifs is 1. The number of hydrogen-bond acceptors (Lipinski definition) is 6. The minimum Gasteiger partial charge on any atom is -0.364 e. The summed E-state index contributed by atoms with van der Waals surface area (Å²) in [5.41, 5.74) is 3.78. The van der Waals surface area contributed by atoms with Crippen LogP contribution in [-0.2, 0) is 0 Å². The summed E-state index contributed by atoms with van der Waals surface area (Å²) in [5, 5.41) is 4.15. The average molecular weight is 424 g/mol. The lowest BCUT2D eigenvalue weighted by molar-refractivity contribution is 0.628. The normalized spacial score (nSPS) is 11.4. The molecule has 158 valence electrons. The van der Waals surface area contributed by atoms with Gasteiger partial charge in [-0.25, -0.2) is 19.3 Å². The minimum atomic E-state index is -0.273. The molecule has 1 N–H and O–H groups in total. The third-order valence-corrected chi connectivity index (χ3v) is 4.66. The van der Waals surface area contributed by atoms with Crippen LogP contribution in [0.1, 0.15) is 6.92 Å². The van der Waals surface area contributed by atoms with Gasteiger partial charge in [0.1, 0.15) is 17.3 Å². The number of anilines is 1. The quantitative estimate of drug-likeness (QED) is 0.398. The molecule has 0 aliphatic carbocycles. The van der Waals surface area contributed by atoms with Gasteiger partial charge in [0.2, 0.25) is 0 Å². The summed E-state index contributed by atoms with van der Waals surface area (Å²) in [4.78, 5) is 22.1. The molecule has 0 radical (unpaired) electrons. The molecule has 2 aromatic heterocycles. The third kappa shape index (κ3) is 4.89. The van der Waals surface area contributed by atoms with Crippen molar-refractivity contribution in [2.24, 2.45) is 4.99 Å². The van der Waals surface area contributed by atoms with E-state index in [2.05, 4.69) is 31.8 Å². The number of nitrogens with one attached hydrogen (secondary N) is 1. The van der Waals surface area contributed by atoms with E-state index in [1.54, 1.807) is 36.9 Å². The van der Waals surface area contributed by atoms with E-state index in [-0.39, 0.29) is 5.82 Å². The molecule has 2 heterocycles. The molecule has 2 aromatic carbocycles. The highest BCUT2D eigenvalue weighted by molar-refractivity contribution is 5.93. The van der Waals surface area contributed by atoms with Gasteiger partial charge in [-0.15, -0.1) is 0 Å². The highest BCUT2D eigenvalue weighted by Gasteiger charge is 2.12. The summed E-state index contributed by atoms with van der Waals surface area (Å²) in [5.74, 6) is 0.821. The molecule has 0 fully saturated rings. The van der Waals surface area contributed by atoms with Crippen molar-refractivity contribution >= 4 is 22.9 Å². The van der Waals surface area contributed by atoms with Crippen LogP contribution >= 0.6 is 0 Å². The van der Waals surface area contributed by atoms with Crippen LogP contribution in [0, 0.1) is 5.82 Å². The Morgan fingerprint density at radius 2 is 1.91 bits per heavy atom. The number of rotatable bonds is 7. The lowest BCUT2D eigenvalue weighted by atomic mass is 10.0. The lowest BCUT2D eigenvalue weighted by Gasteiger charge is -2.12. The number of hydrogen-bond donors (Lipinski definition) is 1. The number of nitrogens with zero attached hydrogens (tertiary/aromatic N) is 5. The molecule has 6 nitrogen and oxygen atoms in total. The zero-order valence-electron chi connectivity index (χ0n) is 17.5. The lowest BCUT2D eigenvalue weighted by Crippen LogP contribution is -2.07. The van der Waals surface area contributed by atoms with Crippen LogP contribution < -0.4 is 5.32 Å². The summed E-state index contributed by atoms with van der Waals surface area (Å²) in [7, 11) is 0. The first-order valence-corrected chi connectivity index (χ1v) is 10.0. The van der Waals surface area contributed by atoms with Crippen molar-refractivity contribution in [3.63, 3.8) is 0 Å². The molecular formula is C25H21FN6. The number of aromatic nitrogens is 4. The summed E-state index contributed by atoms with van der Waals surface area (Å²) in [6, 6.07) is 12.2. The smallest absolute Gasteiger partial charge is 0.182 e. The predicted octanol–water partition coefficient (Wildman–Crippen LogP) is 5.47. The van der Waals surface area contributed by atoms with Gasteiger partial charge >= 0.3 is 0 Å². The van der Waals surface area contributed by atoms with Crippen LogP contribution in [0.25, 0.3) is 33.5 Å². The second-order valence-electron chi connectivity index (χ2n) is 6.95. The Bertz CT molecular complexity index is 1300. The van der Waals surface area contributed by atoms with Gasteiger partial charge < -0.3 is 5.32 Å². The fraction of sp³-hybridized carbons (Fsp3) is 0.0800. The van der Waals surface area contributed by atoms with Crippen molar-refractivity contribution in [2.75, 3.05) is 11.9 Å². The minimum absolute atomic E-state index is 0.273. The van der Waals surface area contributed by atoms with Gasteiger partial charge in [0.25, 0.3) is 0 Å². The van der Waals surface area contributed by atoms with Gasteiger partial charge in [-0.2, -0.15) is 0 Å². The van der Waals surface area contributed by atoms with E-state index in [0.717, 1.165) is 22.0 Å². The summed E-state index contributed by atoms with van der Waals surface area (Å²) < 4.78 is 13.3. The van der Waals surface area contributed by atoms with Crippen molar-refractivity contribution in [3.8, 4) is 22.6 Å². The molecule has 32 heavy (non-hydrogen) atoms. The molecule has 0 saturated carbocycles. The molecule has 0 spiro atoms. The molecule has 0 bridgehead atoms. The zero-order chi connectivity index (χ0) is 22.3. The Balaban J connectivity index is 1.75. The highest BCUT2D eigenvalue weighted by Crippen LogP contribution is 2.29. The van der Waals surface area contributed by atoms with Gasteiger partial charge in [0, 0.05) is 24.0 Å². The van der Waals surface area contributed by atoms with E-state index in [4.69, 9.17) is 4.98 Å². The second-order valence-corrected chi connectivity index (χ2v) is 6.95. The van der Waals surface area contributed by atoms with Crippen molar-refractivity contribution < 1.29 is 4.39 Å². The molecule has 0 saturated heterocycles. The fourth-order valence-corrected chi connectivity index (χ4v) is 3.08. The first kappa shape index (κ1) is 21.0. The van der Waals surface area contributed by atoms with Crippen LogP contribution in [0.2, 0.25) is 0 Å². The monoisotopic (exact) mass is 424 g/mol. The van der Waals surface area contributed by atoms with E-state index in [9.17, 15) is 4.39 Å². The molecule has 4 rings (SSSR count). The molecule has 0 aliphatic rings. The third-order valence-electron chi connectivity index (χ3n) is 4.66. The maximum atomic E-state index is 13.3. The maximum absolute atomic E-state index is 13.3. The van der Waals surface area contributed by atoms with Crippen LogP contribution in [0.3, 0.4) is 0 Å². The van der Waals surface area contributed by atoms with Gasteiger partial charge in [-0.1, -0.05) is 30.9 Å². The largest absolute Gasteiger partial charge is 0.364 e. The Hall–Kier alpha value is -4.26. The second kappa shape index (κ2) is 9.70. The summed E-state index contributed by atoms with van der Waals surface area (Å²) in [6.07, 6.45) is 10.3. The predicted molar refractivity (Wildman–Crippen MR) is 127 cm³/mol. The zero-order valence-corrected chi connectivity index (χ0v) is 17.5. The number of allylic oxidation sites excluding steroid dienone is 2. The molecule has 0 amide bonds. The van der Waals surface area contributed by atoms with E-state index < -0.39 is 0 Å². The van der Waals surface area contributed by atoms with Crippen molar-refractivity contribution in [2.45, 2.75) is 6.92 Å². The van der Waals surface area contributed by atoms with Crippen molar-refractivity contribution in [1.82, 2.24) is 19.9 Å². The standard InChI is InChI=1S/C25H21FN6/c1-3-4-11-28-17(2)15-30-24-21-10-7-19(18-5-8-20(26)9-6-18)14-22(21)31-25(32-24)23-16-27-12-13-29-23/h3-14,16H,2,15H2,1H3,(H,30,31,32)/b4-3-,28-11?. The maximum Gasteiger partial charge on any atom is 0.182 e. The first-order valence-electron chi connectivity index (χ1n) is 10.0. The first-order chi connectivity index (χ1) is 15.6. The SMILES string of the molecule is C=C(CNc1nc(-c2cnccn2)nc2cc(-c3ccc(F)cc3)ccc12)N=C/C=C\C. The van der Waals surface area contributed by atoms with Crippen LogP contribution in [0.15, 0.2) is 90.5 Å². The number of benzene rings is 2. The van der Waals surface area contributed by atoms with Crippen LogP contribution in [0.4, 0.5) is 10.2 Å². The number of halogens is 1. The highest BCUT2D eigenvalue weighted by atomic mass is 19.1. The fourth-order valence-electron chi connectivity index (χ4n) is 3.08. The molecule has 0 atom stereocenters. The van der Waals surface area contributed by atoms with Crippen LogP contribution in [-0.4, -0.2) is 32.7 Å². The van der Waals surface area contributed by atoms with Gasteiger partial charge in [-0.05, 0) is 48.4 Å². The van der Waals surface area contributed by atoms with Crippen LogP contribution in [0.5, 0.6) is 0 Å². The summed E-state index contributed by atoms with van der Waals surface area (Å²) in [6.45, 7) is 6.31. The molecule has 0 aliphatic heterocycles. The Labute approximate surface area is 185 Å². The van der Waals surface area contributed by atoms with E-state index in [1.165, 1.54) is 12.1 Å². The molecule has 7 heteroatoms. The topological polar surface area (TPSA) is 76.0 Å². The van der Waals surface area contributed by atoms with Gasteiger partial charge in [0.15, 0.2) is 5.82 Å². The molecule has 0 unspecified atom stereocenters.